The summed E-state index contributed by atoms with van der Waals surface area (Å²) in [7, 11) is 0. The minimum atomic E-state index is -0.167. The second-order valence-electron chi connectivity index (χ2n) is 6.55. The monoisotopic (exact) mass is 359 g/mol. The molecule has 2 N–H and O–H groups in total. The van der Waals surface area contributed by atoms with Crippen LogP contribution >= 0.6 is 11.6 Å². The van der Waals surface area contributed by atoms with Crippen molar-refractivity contribution >= 4 is 17.4 Å². The Balaban J connectivity index is 2.04. The Morgan fingerprint density at radius 3 is 2.24 bits per heavy atom. The number of carbonyl (C=O) groups is 1. The molecule has 0 aliphatic rings. The highest BCUT2D eigenvalue weighted by Crippen LogP contribution is 2.25. The van der Waals surface area contributed by atoms with Crippen molar-refractivity contribution in [3.8, 4) is 0 Å². The number of Topliss-reactive ketones (excluding diaryl/α,β-unsaturated/α-hetero) is 1. The summed E-state index contributed by atoms with van der Waals surface area (Å²) in [5, 5.41) is 13.7. The summed E-state index contributed by atoms with van der Waals surface area (Å²) in [4.78, 5) is 12.6. The molecule has 2 aromatic carbocycles. The van der Waals surface area contributed by atoms with Gasteiger partial charge in [0.05, 0.1) is 12.6 Å². The Hall–Kier alpha value is -1.68. The first-order valence-electron chi connectivity index (χ1n) is 8.71. The fourth-order valence-corrected chi connectivity index (χ4v) is 3.07. The van der Waals surface area contributed by atoms with E-state index in [2.05, 4.69) is 5.32 Å². The number of carbonyl (C=O) groups excluding carboxylic acids is 1. The number of aliphatic hydroxyl groups is 1. The van der Waals surface area contributed by atoms with Crippen molar-refractivity contribution in [3.63, 3.8) is 0 Å². The topological polar surface area (TPSA) is 49.3 Å². The van der Waals surface area contributed by atoms with Crippen LogP contribution in [-0.4, -0.2) is 24.0 Å². The molecule has 0 amide bonds. The standard InChI is InChI=1S/C21H26ClNO2/c1-15(2)21(25)19(16-8-10-18(22)11-9-16)12-13-23-20(14-24)17-6-4-3-5-7-17/h3-11,15,19-20,23-24H,12-14H2,1-2H3/t19-,20?/m1/s1. The van der Waals surface area contributed by atoms with Gasteiger partial charge in [-0.25, -0.2) is 0 Å². The summed E-state index contributed by atoms with van der Waals surface area (Å²) in [6.45, 7) is 4.53. The molecule has 1 unspecified atom stereocenters. The molecule has 0 aromatic heterocycles. The minimum absolute atomic E-state index is 0.0216. The lowest BCUT2D eigenvalue weighted by atomic mass is 9.86. The predicted molar refractivity (Wildman–Crippen MR) is 103 cm³/mol. The smallest absolute Gasteiger partial charge is 0.142 e. The van der Waals surface area contributed by atoms with Crippen LogP contribution in [0.5, 0.6) is 0 Å². The van der Waals surface area contributed by atoms with Crippen LogP contribution < -0.4 is 5.32 Å². The van der Waals surface area contributed by atoms with Crippen molar-refractivity contribution in [2.24, 2.45) is 5.92 Å². The van der Waals surface area contributed by atoms with Gasteiger partial charge in [-0.2, -0.15) is 0 Å². The van der Waals surface area contributed by atoms with Gasteiger partial charge in [-0.15, -0.1) is 0 Å². The van der Waals surface area contributed by atoms with Gasteiger partial charge in [0.2, 0.25) is 0 Å². The maximum absolute atomic E-state index is 12.6. The Bertz CT molecular complexity index is 655. The molecule has 134 valence electrons. The normalized spacial score (nSPS) is 13.6. The molecule has 3 nitrogen and oxygen atoms in total. The molecule has 0 radical (unpaired) electrons. The van der Waals surface area contributed by atoms with Crippen molar-refractivity contribution in [2.75, 3.05) is 13.2 Å². The van der Waals surface area contributed by atoms with Crippen LogP contribution in [0.25, 0.3) is 0 Å². The van der Waals surface area contributed by atoms with E-state index in [1.54, 1.807) is 0 Å². The highest BCUT2D eigenvalue weighted by molar-refractivity contribution is 6.30. The van der Waals surface area contributed by atoms with Gasteiger partial charge in [0, 0.05) is 16.9 Å². The molecule has 2 aromatic rings. The molecule has 2 atom stereocenters. The van der Waals surface area contributed by atoms with Crippen LogP contribution in [0.4, 0.5) is 0 Å². The van der Waals surface area contributed by atoms with E-state index in [1.165, 1.54) is 0 Å². The fourth-order valence-electron chi connectivity index (χ4n) is 2.95. The first-order chi connectivity index (χ1) is 12.0. The molecule has 0 fully saturated rings. The summed E-state index contributed by atoms with van der Waals surface area (Å²) in [5.74, 6) is 0.0349. The molecule has 25 heavy (non-hydrogen) atoms. The number of rotatable bonds is 9. The van der Waals surface area contributed by atoms with Crippen molar-refractivity contribution in [3.05, 3.63) is 70.7 Å². The molecule has 4 heteroatoms. The van der Waals surface area contributed by atoms with Gasteiger partial charge in [0.1, 0.15) is 5.78 Å². The lowest BCUT2D eigenvalue weighted by Gasteiger charge is -2.21. The van der Waals surface area contributed by atoms with Crippen LogP contribution in [0.15, 0.2) is 54.6 Å². The number of halogens is 1. The van der Waals surface area contributed by atoms with E-state index < -0.39 is 0 Å². The summed E-state index contributed by atoms with van der Waals surface area (Å²) in [6.07, 6.45) is 0.683. The van der Waals surface area contributed by atoms with E-state index in [0.29, 0.717) is 18.0 Å². The molecule has 0 saturated carbocycles. The van der Waals surface area contributed by atoms with Gasteiger partial charge >= 0.3 is 0 Å². The largest absolute Gasteiger partial charge is 0.394 e. The third kappa shape index (κ3) is 5.67. The molecule has 0 spiro atoms. The Labute approximate surface area is 155 Å². The number of nitrogens with one attached hydrogen (secondary N) is 1. The van der Waals surface area contributed by atoms with E-state index >= 15 is 0 Å². The summed E-state index contributed by atoms with van der Waals surface area (Å²) >= 11 is 5.97. The first kappa shape index (κ1) is 19.6. The molecular formula is C21H26ClNO2. The lowest BCUT2D eigenvalue weighted by Crippen LogP contribution is -2.28. The molecule has 0 saturated heterocycles. The van der Waals surface area contributed by atoms with Crippen LogP contribution in [0.1, 0.15) is 43.4 Å². The number of hydrogen-bond donors (Lipinski definition) is 2. The quantitative estimate of drug-likeness (QED) is 0.699. The number of benzene rings is 2. The zero-order valence-electron chi connectivity index (χ0n) is 14.8. The van der Waals surface area contributed by atoms with Crippen molar-refractivity contribution in [1.29, 1.82) is 0 Å². The Morgan fingerprint density at radius 2 is 1.68 bits per heavy atom. The zero-order chi connectivity index (χ0) is 18.2. The fraction of sp³-hybridized carbons (Fsp3) is 0.381. The van der Waals surface area contributed by atoms with E-state index in [0.717, 1.165) is 11.1 Å². The maximum atomic E-state index is 12.6. The average molecular weight is 360 g/mol. The zero-order valence-corrected chi connectivity index (χ0v) is 15.5. The molecule has 0 aliphatic heterocycles. The van der Waals surface area contributed by atoms with E-state index in [4.69, 9.17) is 11.6 Å². The molecular weight excluding hydrogens is 334 g/mol. The maximum Gasteiger partial charge on any atom is 0.142 e. The van der Waals surface area contributed by atoms with E-state index in [-0.39, 0.29) is 30.3 Å². The van der Waals surface area contributed by atoms with Gasteiger partial charge < -0.3 is 10.4 Å². The second kappa shape index (κ2) is 9.71. The molecule has 0 aliphatic carbocycles. The van der Waals surface area contributed by atoms with Crippen molar-refractivity contribution < 1.29 is 9.90 Å². The van der Waals surface area contributed by atoms with Gasteiger partial charge in [0.25, 0.3) is 0 Å². The Kier molecular flexibility index (Phi) is 7.63. The second-order valence-corrected chi connectivity index (χ2v) is 6.99. The minimum Gasteiger partial charge on any atom is -0.394 e. The third-order valence-electron chi connectivity index (χ3n) is 4.39. The summed E-state index contributed by atoms with van der Waals surface area (Å²) in [6, 6.07) is 17.2. The summed E-state index contributed by atoms with van der Waals surface area (Å²) in [5.41, 5.74) is 2.04. The number of aliphatic hydroxyl groups excluding tert-OH is 1. The van der Waals surface area contributed by atoms with Crippen molar-refractivity contribution in [1.82, 2.24) is 5.32 Å². The highest BCUT2D eigenvalue weighted by Gasteiger charge is 2.23. The third-order valence-corrected chi connectivity index (χ3v) is 4.65. The van der Waals surface area contributed by atoms with Crippen LogP contribution in [-0.2, 0) is 4.79 Å². The number of ketones is 1. The lowest BCUT2D eigenvalue weighted by molar-refractivity contribution is -0.123. The first-order valence-corrected chi connectivity index (χ1v) is 9.09. The molecule has 0 heterocycles. The van der Waals surface area contributed by atoms with E-state index in [1.807, 2.05) is 68.4 Å². The van der Waals surface area contributed by atoms with Crippen LogP contribution in [0.3, 0.4) is 0 Å². The van der Waals surface area contributed by atoms with Crippen molar-refractivity contribution in [2.45, 2.75) is 32.2 Å². The average Bonchev–Trinajstić information content (AvgIpc) is 2.63. The highest BCUT2D eigenvalue weighted by atomic mass is 35.5. The molecule has 0 bridgehead atoms. The van der Waals surface area contributed by atoms with E-state index in [9.17, 15) is 9.90 Å². The summed E-state index contributed by atoms with van der Waals surface area (Å²) < 4.78 is 0. The SMILES string of the molecule is CC(C)C(=O)[C@H](CCNC(CO)c1ccccc1)c1ccc(Cl)cc1. The van der Waals surface area contributed by atoms with Crippen LogP contribution in [0.2, 0.25) is 5.02 Å². The van der Waals surface area contributed by atoms with Gasteiger partial charge in [-0.1, -0.05) is 67.9 Å². The van der Waals surface area contributed by atoms with Gasteiger partial charge in [-0.05, 0) is 36.2 Å². The molecule has 2 rings (SSSR count). The Morgan fingerprint density at radius 1 is 1.04 bits per heavy atom. The predicted octanol–water partition coefficient (Wildman–Crippen LogP) is 4.36. The van der Waals surface area contributed by atoms with Gasteiger partial charge in [-0.3, -0.25) is 4.79 Å². The van der Waals surface area contributed by atoms with Crippen LogP contribution in [0, 0.1) is 5.92 Å². The van der Waals surface area contributed by atoms with Gasteiger partial charge in [0.15, 0.2) is 0 Å². The number of hydrogen-bond acceptors (Lipinski definition) is 3.